The first-order chi connectivity index (χ1) is 13.6. The summed E-state index contributed by atoms with van der Waals surface area (Å²) < 4.78 is 26.3. The molecule has 6 nitrogen and oxygen atoms in total. The van der Waals surface area contributed by atoms with E-state index >= 15 is 0 Å². The fourth-order valence-corrected chi connectivity index (χ4v) is 2.54. The van der Waals surface area contributed by atoms with Crippen molar-refractivity contribution in [2.24, 2.45) is 0 Å². The number of aryl methyl sites for hydroxylation is 1. The SMILES string of the molecule is CCc1ccc(/C=C/C(=O)c2c(OC)cc(OCOC)cc2OCOC)cc1. The molecule has 6 heteroatoms. The Bertz CT molecular complexity index is 795. The average molecular weight is 386 g/mol. The third kappa shape index (κ3) is 5.84. The number of benzene rings is 2. The van der Waals surface area contributed by atoms with Crippen LogP contribution in [0, 0.1) is 0 Å². The summed E-state index contributed by atoms with van der Waals surface area (Å²) in [7, 11) is 4.51. The maximum absolute atomic E-state index is 12.9. The van der Waals surface area contributed by atoms with E-state index in [1.807, 2.05) is 24.3 Å². The highest BCUT2D eigenvalue weighted by molar-refractivity contribution is 6.10. The molecule has 0 N–H and O–H groups in total. The monoisotopic (exact) mass is 386 g/mol. The summed E-state index contributed by atoms with van der Waals surface area (Å²) in [6.07, 6.45) is 4.22. The number of ketones is 1. The number of allylic oxidation sites excluding steroid dienone is 1. The smallest absolute Gasteiger partial charge is 0.193 e. The molecule has 28 heavy (non-hydrogen) atoms. The minimum atomic E-state index is -0.249. The van der Waals surface area contributed by atoms with Crippen LogP contribution in [0.5, 0.6) is 17.2 Å². The topological polar surface area (TPSA) is 63.2 Å². The first-order valence-electron chi connectivity index (χ1n) is 8.89. The Balaban J connectivity index is 2.33. The van der Waals surface area contributed by atoms with E-state index in [4.69, 9.17) is 23.7 Å². The van der Waals surface area contributed by atoms with Crippen molar-refractivity contribution in [3.8, 4) is 17.2 Å². The average Bonchev–Trinajstić information content (AvgIpc) is 2.74. The van der Waals surface area contributed by atoms with Crippen LogP contribution in [0.25, 0.3) is 6.08 Å². The van der Waals surface area contributed by atoms with Gasteiger partial charge in [0.05, 0.1) is 7.11 Å². The van der Waals surface area contributed by atoms with Crippen molar-refractivity contribution >= 4 is 11.9 Å². The maximum atomic E-state index is 12.9. The van der Waals surface area contributed by atoms with Crippen molar-refractivity contribution in [1.82, 2.24) is 0 Å². The van der Waals surface area contributed by atoms with Gasteiger partial charge in [0.2, 0.25) is 0 Å². The second-order valence-electron chi connectivity index (χ2n) is 5.89. The molecule has 2 rings (SSSR count). The summed E-state index contributed by atoms with van der Waals surface area (Å²) in [4.78, 5) is 12.9. The predicted molar refractivity (Wildman–Crippen MR) is 107 cm³/mol. The standard InChI is InChI=1S/C22H26O6/c1-5-16-6-8-17(9-7-16)10-11-19(23)22-20(26-4)12-18(27-14-24-2)13-21(22)28-15-25-3/h6-13H,5,14-15H2,1-4H3/b11-10+. The third-order valence-electron chi connectivity index (χ3n) is 4.00. The Hall–Kier alpha value is -2.83. The highest BCUT2D eigenvalue weighted by atomic mass is 16.7. The van der Waals surface area contributed by atoms with Gasteiger partial charge >= 0.3 is 0 Å². The van der Waals surface area contributed by atoms with Gasteiger partial charge in [0.15, 0.2) is 19.4 Å². The number of carbonyl (C=O) groups excluding carboxylic acids is 1. The first kappa shape index (κ1) is 21.5. The lowest BCUT2D eigenvalue weighted by Crippen LogP contribution is -2.08. The lowest BCUT2D eigenvalue weighted by molar-refractivity contribution is 0.0453. The molecule has 0 atom stereocenters. The van der Waals surface area contributed by atoms with Gasteiger partial charge < -0.3 is 23.7 Å². The molecule has 150 valence electrons. The molecule has 2 aromatic carbocycles. The lowest BCUT2D eigenvalue weighted by atomic mass is 10.1. The van der Waals surface area contributed by atoms with Gasteiger partial charge in [-0.1, -0.05) is 37.3 Å². The van der Waals surface area contributed by atoms with Crippen LogP contribution in [0.3, 0.4) is 0 Å². The Morgan fingerprint density at radius 1 is 0.929 bits per heavy atom. The van der Waals surface area contributed by atoms with Crippen LogP contribution in [0.1, 0.15) is 28.4 Å². The van der Waals surface area contributed by atoms with Crippen LogP contribution in [0.4, 0.5) is 0 Å². The van der Waals surface area contributed by atoms with Gasteiger partial charge in [-0.25, -0.2) is 0 Å². The van der Waals surface area contributed by atoms with Crippen LogP contribution in [-0.2, 0) is 15.9 Å². The van der Waals surface area contributed by atoms with E-state index in [1.54, 1.807) is 18.2 Å². The normalized spacial score (nSPS) is 10.9. The van der Waals surface area contributed by atoms with Crippen molar-refractivity contribution in [2.45, 2.75) is 13.3 Å². The molecule has 0 amide bonds. The zero-order valence-electron chi connectivity index (χ0n) is 16.7. The highest BCUT2D eigenvalue weighted by Crippen LogP contribution is 2.35. The van der Waals surface area contributed by atoms with E-state index in [9.17, 15) is 4.79 Å². The Morgan fingerprint density at radius 2 is 1.57 bits per heavy atom. The zero-order valence-corrected chi connectivity index (χ0v) is 16.7. The second kappa shape index (κ2) is 11.1. The van der Waals surface area contributed by atoms with Crippen LogP contribution in [-0.4, -0.2) is 40.7 Å². The molecule has 0 bridgehead atoms. The third-order valence-corrected chi connectivity index (χ3v) is 4.00. The fourth-order valence-electron chi connectivity index (χ4n) is 2.54. The van der Waals surface area contributed by atoms with Crippen molar-refractivity contribution in [2.75, 3.05) is 34.9 Å². The summed E-state index contributed by atoms with van der Waals surface area (Å²) in [6.45, 7) is 2.15. The van der Waals surface area contributed by atoms with Crippen molar-refractivity contribution in [3.05, 3.63) is 59.2 Å². The van der Waals surface area contributed by atoms with Gasteiger partial charge in [0, 0.05) is 26.4 Å². The molecular weight excluding hydrogens is 360 g/mol. The molecular formula is C22H26O6. The van der Waals surface area contributed by atoms with Gasteiger partial charge in [-0.2, -0.15) is 0 Å². The van der Waals surface area contributed by atoms with Crippen molar-refractivity contribution < 1.29 is 28.5 Å². The van der Waals surface area contributed by atoms with E-state index in [0.29, 0.717) is 22.8 Å². The van der Waals surface area contributed by atoms with Crippen LogP contribution in [0.15, 0.2) is 42.5 Å². The van der Waals surface area contributed by atoms with Crippen LogP contribution < -0.4 is 14.2 Å². The number of hydrogen-bond acceptors (Lipinski definition) is 6. The summed E-state index contributed by atoms with van der Waals surface area (Å²) >= 11 is 0. The van der Waals surface area contributed by atoms with Gasteiger partial charge in [-0.05, 0) is 23.6 Å². The minimum Gasteiger partial charge on any atom is -0.496 e. The van der Waals surface area contributed by atoms with Crippen molar-refractivity contribution in [1.29, 1.82) is 0 Å². The van der Waals surface area contributed by atoms with Gasteiger partial charge in [-0.3, -0.25) is 4.79 Å². The number of hydrogen-bond donors (Lipinski definition) is 0. The molecule has 0 aliphatic heterocycles. The highest BCUT2D eigenvalue weighted by Gasteiger charge is 2.19. The number of methoxy groups -OCH3 is 3. The van der Waals surface area contributed by atoms with E-state index in [0.717, 1.165) is 12.0 Å². The quantitative estimate of drug-likeness (QED) is 0.329. The molecule has 0 spiro atoms. The Labute approximate surface area is 165 Å². The number of rotatable bonds is 11. The number of ether oxygens (including phenoxy) is 5. The second-order valence-corrected chi connectivity index (χ2v) is 5.89. The molecule has 0 saturated carbocycles. The van der Waals surface area contributed by atoms with E-state index in [2.05, 4.69) is 6.92 Å². The summed E-state index contributed by atoms with van der Waals surface area (Å²) in [5.41, 5.74) is 2.47. The van der Waals surface area contributed by atoms with Gasteiger partial charge in [0.25, 0.3) is 0 Å². The summed E-state index contributed by atoms with van der Waals surface area (Å²) in [5.74, 6) is 0.861. The predicted octanol–water partition coefficient (Wildman–Crippen LogP) is 4.12. The fraction of sp³-hybridized carbons (Fsp3) is 0.318. The number of carbonyl (C=O) groups is 1. The molecule has 0 unspecified atom stereocenters. The molecule has 0 aliphatic rings. The zero-order chi connectivity index (χ0) is 20.4. The molecule has 0 aromatic heterocycles. The summed E-state index contributed by atoms with van der Waals surface area (Å²) in [6, 6.07) is 11.3. The van der Waals surface area contributed by atoms with Gasteiger partial charge in [0.1, 0.15) is 22.8 Å². The van der Waals surface area contributed by atoms with Crippen LogP contribution >= 0.6 is 0 Å². The Kier molecular flexibility index (Phi) is 8.52. The summed E-state index contributed by atoms with van der Waals surface area (Å²) in [5, 5.41) is 0. The molecule has 0 saturated heterocycles. The van der Waals surface area contributed by atoms with Crippen LogP contribution in [0.2, 0.25) is 0 Å². The van der Waals surface area contributed by atoms with Gasteiger partial charge in [-0.15, -0.1) is 0 Å². The molecule has 0 fully saturated rings. The van der Waals surface area contributed by atoms with E-state index in [1.165, 1.54) is 33.0 Å². The molecule has 0 aliphatic carbocycles. The molecule has 2 aromatic rings. The molecule has 0 radical (unpaired) electrons. The Morgan fingerprint density at radius 3 is 2.18 bits per heavy atom. The minimum absolute atomic E-state index is 0.0145. The maximum Gasteiger partial charge on any atom is 0.193 e. The van der Waals surface area contributed by atoms with E-state index < -0.39 is 0 Å². The molecule has 0 heterocycles. The largest absolute Gasteiger partial charge is 0.496 e. The lowest BCUT2D eigenvalue weighted by Gasteiger charge is -2.15. The first-order valence-corrected chi connectivity index (χ1v) is 8.89. The van der Waals surface area contributed by atoms with E-state index in [-0.39, 0.29) is 19.4 Å². The van der Waals surface area contributed by atoms with Crippen molar-refractivity contribution in [3.63, 3.8) is 0 Å².